The lowest BCUT2D eigenvalue weighted by Crippen LogP contribution is -2.39. The van der Waals surface area contributed by atoms with Crippen molar-refractivity contribution in [1.82, 2.24) is 14.9 Å². The molecular weight excluding hydrogens is 350 g/mol. The zero-order valence-corrected chi connectivity index (χ0v) is 16.5. The highest BCUT2D eigenvalue weighted by molar-refractivity contribution is 5.60. The first kappa shape index (κ1) is 18.5. The molecule has 0 amide bonds. The van der Waals surface area contributed by atoms with Gasteiger partial charge in [0.15, 0.2) is 5.82 Å². The first-order chi connectivity index (χ1) is 13.7. The van der Waals surface area contributed by atoms with Crippen molar-refractivity contribution < 1.29 is 4.42 Å². The minimum Gasteiger partial charge on any atom is -0.472 e. The number of piperidine rings is 1. The maximum atomic E-state index is 5.17. The molecule has 1 aromatic carbocycles. The van der Waals surface area contributed by atoms with Gasteiger partial charge in [-0.15, -0.1) is 0 Å². The Bertz CT molecular complexity index is 901. The number of hydrogen-bond donors (Lipinski definition) is 2. The average molecular weight is 377 g/mol. The molecule has 0 spiro atoms. The number of rotatable bonds is 6. The van der Waals surface area contributed by atoms with Crippen molar-refractivity contribution in [1.29, 1.82) is 0 Å². The Morgan fingerprint density at radius 3 is 2.61 bits per heavy atom. The molecule has 1 fully saturated rings. The fourth-order valence-corrected chi connectivity index (χ4v) is 3.64. The molecule has 6 nitrogen and oxygen atoms in total. The molecule has 1 saturated heterocycles. The standard InChI is InChI=1S/C22H27N5O/c1-16-5-3-4-6-17(16)14-27-10-7-19(8-11-27)24-21-13-20(23-2)25-22(26-21)18-9-12-28-15-18/h3-6,9,12-13,15,19H,7-8,10-11,14H2,1-2H3,(H2,23,24,25,26). The lowest BCUT2D eigenvalue weighted by atomic mass is 10.0. The molecule has 3 aromatic rings. The molecule has 4 rings (SSSR count). The lowest BCUT2D eigenvalue weighted by Gasteiger charge is -2.33. The third-order valence-electron chi connectivity index (χ3n) is 5.36. The number of aryl methyl sites for hydroxylation is 1. The SMILES string of the molecule is CNc1cc(NC2CCN(Cc3ccccc3C)CC2)nc(-c2ccoc2)n1. The molecule has 3 heterocycles. The Kier molecular flexibility index (Phi) is 5.58. The number of likely N-dealkylation sites (tertiary alicyclic amines) is 1. The zero-order valence-electron chi connectivity index (χ0n) is 16.5. The van der Waals surface area contributed by atoms with Crippen LogP contribution < -0.4 is 10.6 Å². The van der Waals surface area contributed by atoms with Gasteiger partial charge < -0.3 is 15.1 Å². The van der Waals surface area contributed by atoms with Crippen molar-refractivity contribution in [2.24, 2.45) is 0 Å². The van der Waals surface area contributed by atoms with Crippen LogP contribution in [-0.2, 0) is 6.54 Å². The van der Waals surface area contributed by atoms with Crippen molar-refractivity contribution in [3.63, 3.8) is 0 Å². The monoisotopic (exact) mass is 377 g/mol. The van der Waals surface area contributed by atoms with E-state index in [2.05, 4.69) is 56.7 Å². The van der Waals surface area contributed by atoms with Gasteiger partial charge in [-0.3, -0.25) is 4.90 Å². The molecule has 2 aromatic heterocycles. The molecule has 6 heteroatoms. The molecule has 0 saturated carbocycles. The minimum absolute atomic E-state index is 0.421. The predicted molar refractivity (Wildman–Crippen MR) is 112 cm³/mol. The third-order valence-corrected chi connectivity index (χ3v) is 5.36. The summed E-state index contributed by atoms with van der Waals surface area (Å²) in [4.78, 5) is 11.7. The van der Waals surface area contributed by atoms with Gasteiger partial charge in [-0.05, 0) is 37.0 Å². The maximum Gasteiger partial charge on any atom is 0.167 e. The smallest absolute Gasteiger partial charge is 0.167 e. The number of nitrogens with one attached hydrogen (secondary N) is 2. The second-order valence-electron chi connectivity index (χ2n) is 7.35. The Morgan fingerprint density at radius 1 is 1.11 bits per heavy atom. The molecule has 1 aliphatic rings. The normalized spacial score (nSPS) is 15.5. The van der Waals surface area contributed by atoms with E-state index in [9.17, 15) is 0 Å². The summed E-state index contributed by atoms with van der Waals surface area (Å²) in [6.07, 6.45) is 5.52. The number of anilines is 2. The van der Waals surface area contributed by atoms with Crippen LogP contribution in [0.1, 0.15) is 24.0 Å². The third kappa shape index (κ3) is 4.34. The van der Waals surface area contributed by atoms with Crippen molar-refractivity contribution in [2.45, 2.75) is 32.4 Å². The summed E-state index contributed by atoms with van der Waals surface area (Å²) in [5.74, 6) is 2.32. The fourth-order valence-electron chi connectivity index (χ4n) is 3.64. The van der Waals surface area contributed by atoms with Crippen LogP contribution in [0.3, 0.4) is 0 Å². The van der Waals surface area contributed by atoms with Gasteiger partial charge in [0.25, 0.3) is 0 Å². The van der Waals surface area contributed by atoms with Crippen LogP contribution in [0.25, 0.3) is 11.4 Å². The summed E-state index contributed by atoms with van der Waals surface area (Å²) in [5, 5.41) is 6.72. The molecule has 0 bridgehead atoms. The van der Waals surface area contributed by atoms with Gasteiger partial charge in [-0.2, -0.15) is 0 Å². The quantitative estimate of drug-likeness (QED) is 0.672. The highest BCUT2D eigenvalue weighted by Gasteiger charge is 2.20. The van der Waals surface area contributed by atoms with Gasteiger partial charge >= 0.3 is 0 Å². The van der Waals surface area contributed by atoms with Crippen LogP contribution in [-0.4, -0.2) is 41.0 Å². The molecular formula is C22H27N5O. The molecule has 2 N–H and O–H groups in total. The Balaban J connectivity index is 1.38. The summed E-state index contributed by atoms with van der Waals surface area (Å²) < 4.78 is 5.17. The van der Waals surface area contributed by atoms with Gasteiger partial charge in [0, 0.05) is 38.8 Å². The average Bonchev–Trinajstić information content (AvgIpc) is 3.26. The van der Waals surface area contributed by atoms with E-state index in [4.69, 9.17) is 4.42 Å². The zero-order chi connectivity index (χ0) is 19.3. The first-order valence-electron chi connectivity index (χ1n) is 9.84. The van der Waals surface area contributed by atoms with Crippen molar-refractivity contribution in [3.05, 3.63) is 60.1 Å². The van der Waals surface area contributed by atoms with Crippen LogP contribution >= 0.6 is 0 Å². The summed E-state index contributed by atoms with van der Waals surface area (Å²) in [6.45, 7) is 5.40. The highest BCUT2D eigenvalue weighted by Crippen LogP contribution is 2.23. The molecule has 0 radical (unpaired) electrons. The van der Waals surface area contributed by atoms with Gasteiger partial charge in [-0.1, -0.05) is 24.3 Å². The summed E-state index contributed by atoms with van der Waals surface area (Å²) >= 11 is 0. The van der Waals surface area contributed by atoms with Crippen molar-refractivity contribution >= 4 is 11.6 Å². The Labute approximate surface area is 166 Å². The van der Waals surface area contributed by atoms with E-state index >= 15 is 0 Å². The van der Waals surface area contributed by atoms with Gasteiger partial charge in [0.1, 0.15) is 17.9 Å². The van der Waals surface area contributed by atoms with Gasteiger partial charge in [0.2, 0.25) is 0 Å². The summed E-state index contributed by atoms with van der Waals surface area (Å²) in [7, 11) is 1.87. The fraction of sp³-hybridized carbons (Fsp3) is 0.364. The highest BCUT2D eigenvalue weighted by atomic mass is 16.3. The Hall–Kier alpha value is -2.86. The lowest BCUT2D eigenvalue weighted by molar-refractivity contribution is 0.211. The first-order valence-corrected chi connectivity index (χ1v) is 9.84. The number of benzene rings is 1. The largest absolute Gasteiger partial charge is 0.472 e. The van der Waals surface area contributed by atoms with E-state index in [0.717, 1.165) is 49.7 Å². The number of hydrogen-bond acceptors (Lipinski definition) is 6. The number of aromatic nitrogens is 2. The van der Waals surface area contributed by atoms with E-state index in [-0.39, 0.29) is 0 Å². The van der Waals surface area contributed by atoms with Gasteiger partial charge in [0.05, 0.1) is 11.8 Å². The van der Waals surface area contributed by atoms with E-state index < -0.39 is 0 Å². The van der Waals surface area contributed by atoms with Crippen LogP contribution in [0.5, 0.6) is 0 Å². The molecule has 146 valence electrons. The molecule has 28 heavy (non-hydrogen) atoms. The number of nitrogens with zero attached hydrogens (tertiary/aromatic N) is 3. The van der Waals surface area contributed by atoms with Crippen LogP contribution in [0.15, 0.2) is 53.3 Å². The minimum atomic E-state index is 0.421. The van der Waals surface area contributed by atoms with Crippen LogP contribution in [0.4, 0.5) is 11.6 Å². The Morgan fingerprint density at radius 2 is 1.89 bits per heavy atom. The molecule has 0 atom stereocenters. The summed E-state index contributed by atoms with van der Waals surface area (Å²) in [5.41, 5.74) is 3.68. The number of furan rings is 1. The molecule has 0 aliphatic carbocycles. The topological polar surface area (TPSA) is 66.2 Å². The predicted octanol–water partition coefficient (Wildman–Crippen LogP) is 4.16. The van der Waals surface area contributed by atoms with Gasteiger partial charge in [-0.25, -0.2) is 9.97 Å². The maximum absolute atomic E-state index is 5.17. The second-order valence-corrected chi connectivity index (χ2v) is 7.35. The van der Waals surface area contributed by atoms with Crippen molar-refractivity contribution in [3.8, 4) is 11.4 Å². The summed E-state index contributed by atoms with van der Waals surface area (Å²) in [6, 6.07) is 12.9. The molecule has 1 aliphatic heterocycles. The van der Waals surface area contributed by atoms with Crippen LogP contribution in [0.2, 0.25) is 0 Å². The molecule has 0 unspecified atom stereocenters. The van der Waals surface area contributed by atoms with E-state index in [0.29, 0.717) is 11.9 Å². The van der Waals surface area contributed by atoms with E-state index in [1.807, 2.05) is 19.2 Å². The second kappa shape index (κ2) is 8.44. The van der Waals surface area contributed by atoms with Crippen molar-refractivity contribution in [2.75, 3.05) is 30.8 Å². The van der Waals surface area contributed by atoms with E-state index in [1.54, 1.807) is 12.5 Å². The van der Waals surface area contributed by atoms with E-state index in [1.165, 1.54) is 11.1 Å². The van der Waals surface area contributed by atoms with Crippen LogP contribution in [0, 0.1) is 6.92 Å².